The van der Waals surface area contributed by atoms with Crippen LogP contribution in [0.25, 0.3) is 0 Å². The third-order valence-electron chi connectivity index (χ3n) is 2.87. The molecule has 1 atom stereocenters. The Hall–Kier alpha value is -1.39. The monoisotopic (exact) mass is 285 g/mol. The van der Waals surface area contributed by atoms with Crippen LogP contribution in [0.5, 0.6) is 0 Å². The van der Waals surface area contributed by atoms with Crippen LogP contribution in [-0.2, 0) is 14.4 Å². The van der Waals surface area contributed by atoms with E-state index in [1.54, 1.807) is 20.8 Å². The highest BCUT2D eigenvalue weighted by Gasteiger charge is 2.27. The molecule has 0 aromatic carbocycles. The Bertz CT molecular complexity index is 374. The first-order valence-corrected chi connectivity index (χ1v) is 6.88. The van der Waals surface area contributed by atoms with E-state index in [1.807, 2.05) is 20.8 Å². The van der Waals surface area contributed by atoms with E-state index in [2.05, 4.69) is 5.32 Å². The first-order valence-electron chi connectivity index (χ1n) is 6.88. The van der Waals surface area contributed by atoms with Crippen molar-refractivity contribution in [2.45, 2.75) is 66.8 Å². The largest absolute Gasteiger partial charge is 0.480 e. The lowest BCUT2D eigenvalue weighted by molar-refractivity contribution is -0.142. The van der Waals surface area contributed by atoms with Crippen molar-refractivity contribution < 1.29 is 19.5 Å². The Kier molecular flexibility index (Phi) is 6.38. The number of carbonyl (C=O) groups excluding carboxylic acids is 2. The summed E-state index contributed by atoms with van der Waals surface area (Å²) >= 11 is 0. The minimum Gasteiger partial charge on any atom is -0.480 e. The Balaban J connectivity index is 4.42. The highest BCUT2D eigenvalue weighted by Crippen LogP contribution is 2.21. The summed E-state index contributed by atoms with van der Waals surface area (Å²) in [4.78, 5) is 34.6. The van der Waals surface area contributed by atoms with Crippen molar-refractivity contribution in [1.29, 1.82) is 0 Å². The number of aliphatic carboxylic acids is 1. The van der Waals surface area contributed by atoms with Crippen LogP contribution in [0.1, 0.15) is 60.8 Å². The molecule has 0 rings (SSSR count). The molecule has 2 N–H and O–H groups in total. The zero-order valence-electron chi connectivity index (χ0n) is 13.4. The molecule has 20 heavy (non-hydrogen) atoms. The van der Waals surface area contributed by atoms with Crippen LogP contribution in [0.3, 0.4) is 0 Å². The number of Topliss-reactive ketones (excluding diaryl/α,β-unsaturated/α-hetero) is 1. The number of amides is 1. The normalized spacial score (nSPS) is 13.7. The van der Waals surface area contributed by atoms with Gasteiger partial charge < -0.3 is 10.4 Å². The quantitative estimate of drug-likeness (QED) is 0.785. The Morgan fingerprint density at radius 2 is 1.50 bits per heavy atom. The van der Waals surface area contributed by atoms with Crippen LogP contribution in [0.4, 0.5) is 0 Å². The molecule has 0 saturated heterocycles. The molecule has 0 aliphatic heterocycles. The Morgan fingerprint density at radius 1 is 1.00 bits per heavy atom. The number of ketones is 1. The summed E-state index contributed by atoms with van der Waals surface area (Å²) < 4.78 is 0. The first-order chi connectivity index (χ1) is 8.83. The maximum absolute atomic E-state index is 11.7. The number of rotatable bonds is 6. The summed E-state index contributed by atoms with van der Waals surface area (Å²) in [5.41, 5.74) is -0.671. The average molecular weight is 285 g/mol. The number of hydrogen-bond donors (Lipinski definition) is 2. The predicted octanol–water partition coefficient (Wildman–Crippen LogP) is 2.39. The molecule has 5 nitrogen and oxygen atoms in total. The third kappa shape index (κ3) is 7.92. The maximum atomic E-state index is 11.7. The van der Waals surface area contributed by atoms with Crippen LogP contribution in [0, 0.1) is 10.8 Å². The van der Waals surface area contributed by atoms with Gasteiger partial charge in [-0.1, -0.05) is 41.5 Å². The van der Waals surface area contributed by atoms with Gasteiger partial charge in [-0.2, -0.15) is 0 Å². The minimum absolute atomic E-state index is 0.00431. The highest BCUT2D eigenvalue weighted by molar-refractivity contribution is 5.89. The molecule has 116 valence electrons. The van der Waals surface area contributed by atoms with Crippen LogP contribution < -0.4 is 5.32 Å². The predicted molar refractivity (Wildman–Crippen MR) is 77.3 cm³/mol. The summed E-state index contributed by atoms with van der Waals surface area (Å²) in [6.45, 7) is 11.1. The van der Waals surface area contributed by atoms with Gasteiger partial charge in [0.25, 0.3) is 0 Å². The topological polar surface area (TPSA) is 83.5 Å². The van der Waals surface area contributed by atoms with Crippen LogP contribution in [0.15, 0.2) is 0 Å². The van der Waals surface area contributed by atoms with E-state index in [4.69, 9.17) is 5.11 Å². The van der Waals surface area contributed by atoms with Gasteiger partial charge in [0.2, 0.25) is 5.91 Å². The van der Waals surface area contributed by atoms with Crippen molar-refractivity contribution in [1.82, 2.24) is 5.32 Å². The van der Waals surface area contributed by atoms with E-state index in [-0.39, 0.29) is 29.9 Å². The summed E-state index contributed by atoms with van der Waals surface area (Å²) in [7, 11) is 0. The molecular weight excluding hydrogens is 258 g/mol. The molecule has 1 unspecified atom stereocenters. The standard InChI is InChI=1S/C15H27NO4/c1-14(2,3)9-10(13(19)20)16-12(18)8-7-11(17)15(4,5)6/h10H,7-9H2,1-6H3,(H,16,18)(H,19,20). The summed E-state index contributed by atoms with van der Waals surface area (Å²) in [6, 6.07) is -0.910. The molecule has 0 radical (unpaired) electrons. The van der Waals surface area contributed by atoms with Crippen molar-refractivity contribution in [2.75, 3.05) is 0 Å². The van der Waals surface area contributed by atoms with Crippen LogP contribution >= 0.6 is 0 Å². The van der Waals surface area contributed by atoms with Gasteiger partial charge in [-0.15, -0.1) is 0 Å². The number of carboxylic acid groups (broad SMARTS) is 1. The number of carboxylic acids is 1. The van der Waals surface area contributed by atoms with Crippen molar-refractivity contribution in [3.05, 3.63) is 0 Å². The van der Waals surface area contributed by atoms with Gasteiger partial charge in [-0.05, 0) is 11.8 Å². The molecule has 5 heteroatoms. The fraction of sp³-hybridized carbons (Fsp3) is 0.800. The second-order valence-electron chi connectivity index (χ2n) is 7.40. The summed E-state index contributed by atoms with van der Waals surface area (Å²) in [5.74, 6) is -1.44. The van der Waals surface area contributed by atoms with Crippen LogP contribution in [-0.4, -0.2) is 28.8 Å². The Labute approximate surface area is 121 Å². The number of nitrogens with one attached hydrogen (secondary N) is 1. The lowest BCUT2D eigenvalue weighted by atomic mass is 9.87. The molecule has 0 heterocycles. The van der Waals surface area contributed by atoms with Crippen molar-refractivity contribution in [3.63, 3.8) is 0 Å². The molecule has 0 spiro atoms. The fourth-order valence-corrected chi connectivity index (χ4v) is 1.68. The maximum Gasteiger partial charge on any atom is 0.326 e. The molecule has 0 saturated carbocycles. The zero-order chi connectivity index (χ0) is 16.1. The van der Waals surface area contributed by atoms with Crippen LogP contribution in [0.2, 0.25) is 0 Å². The SMILES string of the molecule is CC(C)(C)CC(NC(=O)CCC(=O)C(C)(C)C)C(=O)O. The van der Waals surface area contributed by atoms with E-state index in [0.29, 0.717) is 6.42 Å². The molecule has 0 bridgehead atoms. The van der Waals surface area contributed by atoms with E-state index < -0.39 is 17.4 Å². The number of hydrogen-bond acceptors (Lipinski definition) is 3. The highest BCUT2D eigenvalue weighted by atomic mass is 16.4. The van der Waals surface area contributed by atoms with Crippen molar-refractivity contribution in [2.24, 2.45) is 10.8 Å². The molecule has 0 aromatic rings. The Morgan fingerprint density at radius 3 is 1.85 bits per heavy atom. The number of carbonyl (C=O) groups is 3. The molecule has 0 aliphatic rings. The molecular formula is C15H27NO4. The molecule has 1 amide bonds. The second kappa shape index (κ2) is 6.86. The minimum atomic E-state index is -1.05. The lowest BCUT2D eigenvalue weighted by Crippen LogP contribution is -2.43. The van der Waals surface area contributed by atoms with Gasteiger partial charge in [-0.25, -0.2) is 4.79 Å². The average Bonchev–Trinajstić information content (AvgIpc) is 2.21. The van der Waals surface area contributed by atoms with Crippen molar-refractivity contribution in [3.8, 4) is 0 Å². The van der Waals surface area contributed by atoms with Gasteiger partial charge >= 0.3 is 5.97 Å². The van der Waals surface area contributed by atoms with Gasteiger partial charge in [0.05, 0.1) is 0 Å². The van der Waals surface area contributed by atoms with Gasteiger partial charge in [0, 0.05) is 18.3 Å². The summed E-state index contributed by atoms with van der Waals surface area (Å²) in [6.07, 6.45) is 0.516. The first kappa shape index (κ1) is 18.6. The second-order valence-corrected chi connectivity index (χ2v) is 7.40. The van der Waals surface area contributed by atoms with E-state index >= 15 is 0 Å². The van der Waals surface area contributed by atoms with Crippen molar-refractivity contribution >= 4 is 17.7 Å². The fourth-order valence-electron chi connectivity index (χ4n) is 1.68. The van der Waals surface area contributed by atoms with Gasteiger partial charge in [0.15, 0.2) is 0 Å². The lowest BCUT2D eigenvalue weighted by Gasteiger charge is -2.24. The van der Waals surface area contributed by atoms with Gasteiger partial charge in [-0.3, -0.25) is 9.59 Å². The van der Waals surface area contributed by atoms with E-state index in [0.717, 1.165) is 0 Å². The zero-order valence-corrected chi connectivity index (χ0v) is 13.4. The van der Waals surface area contributed by atoms with E-state index in [9.17, 15) is 14.4 Å². The summed E-state index contributed by atoms with van der Waals surface area (Å²) in [5, 5.41) is 11.6. The van der Waals surface area contributed by atoms with E-state index in [1.165, 1.54) is 0 Å². The molecule has 0 fully saturated rings. The third-order valence-corrected chi connectivity index (χ3v) is 2.87. The molecule has 0 aliphatic carbocycles. The van der Waals surface area contributed by atoms with Gasteiger partial charge in [0.1, 0.15) is 11.8 Å². The molecule has 0 aromatic heterocycles. The smallest absolute Gasteiger partial charge is 0.326 e.